The molecule has 1 aliphatic rings. The van der Waals surface area contributed by atoms with Crippen molar-refractivity contribution in [2.24, 2.45) is 0 Å². The van der Waals surface area contributed by atoms with E-state index in [9.17, 15) is 4.39 Å². The van der Waals surface area contributed by atoms with Gasteiger partial charge in [-0.25, -0.2) is 14.0 Å². The summed E-state index contributed by atoms with van der Waals surface area (Å²) >= 11 is 0. The quantitative estimate of drug-likeness (QED) is 0.325. The summed E-state index contributed by atoms with van der Waals surface area (Å²) in [6.45, 7) is 4.04. The van der Waals surface area contributed by atoms with Crippen molar-refractivity contribution in [2.45, 2.75) is 25.4 Å². The molecule has 0 radical (unpaired) electrons. The van der Waals surface area contributed by atoms with Gasteiger partial charge < -0.3 is 20.1 Å². The van der Waals surface area contributed by atoms with Gasteiger partial charge in [0, 0.05) is 55.0 Å². The molecule has 4 aromatic rings. The van der Waals surface area contributed by atoms with Crippen LogP contribution in [0.5, 0.6) is 0 Å². The van der Waals surface area contributed by atoms with E-state index in [1.165, 1.54) is 22.9 Å². The van der Waals surface area contributed by atoms with Gasteiger partial charge in [0.15, 0.2) is 0 Å². The third-order valence-electron chi connectivity index (χ3n) is 6.57. The molecular formula is C26H29FN6O4. The van der Waals surface area contributed by atoms with E-state index in [0.29, 0.717) is 6.04 Å². The Morgan fingerprint density at radius 1 is 1.11 bits per heavy atom. The molecule has 11 heteroatoms. The number of benzene rings is 2. The number of hydrogen-bond acceptors (Lipinski definition) is 6. The number of H-pyrrole nitrogens is 1. The Morgan fingerprint density at radius 2 is 1.81 bits per heavy atom. The second-order valence-electron chi connectivity index (χ2n) is 9.06. The summed E-state index contributed by atoms with van der Waals surface area (Å²) in [5.41, 5.74) is 4.73. The van der Waals surface area contributed by atoms with Crippen molar-refractivity contribution in [3.63, 3.8) is 0 Å². The molecule has 1 fully saturated rings. The third-order valence-corrected chi connectivity index (χ3v) is 6.57. The molecule has 2 aromatic carbocycles. The van der Waals surface area contributed by atoms with Crippen LogP contribution in [0, 0.1) is 5.82 Å². The van der Waals surface area contributed by atoms with E-state index < -0.39 is 11.9 Å². The zero-order valence-electron chi connectivity index (χ0n) is 20.4. The number of likely N-dealkylation sites (N-methyl/N-ethyl adjacent to an activating group) is 1. The number of likely N-dealkylation sites (tertiary alicyclic amines) is 1. The van der Waals surface area contributed by atoms with Gasteiger partial charge in [0.05, 0.1) is 0 Å². The van der Waals surface area contributed by atoms with Gasteiger partial charge in [-0.05, 0) is 61.3 Å². The van der Waals surface area contributed by atoms with Crippen molar-refractivity contribution in [1.29, 1.82) is 0 Å². The highest BCUT2D eigenvalue weighted by molar-refractivity contribution is 6.27. The number of halogens is 1. The molecule has 0 bridgehead atoms. The minimum absolute atomic E-state index is 0.172. The smallest absolute Gasteiger partial charge is 0.414 e. The summed E-state index contributed by atoms with van der Waals surface area (Å²) in [7, 11) is 2.23. The van der Waals surface area contributed by atoms with Gasteiger partial charge in [-0.15, -0.1) is 10.2 Å². The number of nitrogens with zero attached hydrogens (tertiary/aromatic N) is 5. The number of nitrogens with one attached hydrogen (secondary N) is 1. The number of carboxylic acid groups (broad SMARTS) is 2. The number of carbonyl (C=O) groups is 2. The standard InChI is InChI=1S/C24H27FN6.C2H2O4/c1-29(22-9-11-30(15-22)14-18-2-4-20(25)5-3-18)10-8-19-13-26-24-7-6-21(12-23(19)24)31-16-27-28-17-31;3-1(4)2(5)6/h2-7,12-13,16-17,22,26H,8-11,14-15H2,1H3;(H,3,4)(H,5,6)/t22-;/m1./s1. The highest BCUT2D eigenvalue weighted by Crippen LogP contribution is 2.23. The lowest BCUT2D eigenvalue weighted by Gasteiger charge is -2.24. The molecule has 0 unspecified atom stereocenters. The van der Waals surface area contributed by atoms with Crippen LogP contribution in [0.1, 0.15) is 17.5 Å². The van der Waals surface area contributed by atoms with Crippen molar-refractivity contribution < 1.29 is 24.2 Å². The highest BCUT2D eigenvalue weighted by atomic mass is 19.1. The van der Waals surface area contributed by atoms with Gasteiger partial charge in [0.2, 0.25) is 0 Å². The first-order valence-corrected chi connectivity index (χ1v) is 11.9. The largest absolute Gasteiger partial charge is 0.473 e. The van der Waals surface area contributed by atoms with Crippen LogP contribution in [-0.4, -0.2) is 84.4 Å². The first-order valence-electron chi connectivity index (χ1n) is 11.9. The third kappa shape index (κ3) is 6.78. The van der Waals surface area contributed by atoms with E-state index in [-0.39, 0.29) is 5.82 Å². The molecule has 0 aliphatic carbocycles. The zero-order chi connectivity index (χ0) is 26.4. The van der Waals surface area contributed by atoms with Gasteiger partial charge in [-0.3, -0.25) is 9.47 Å². The van der Waals surface area contributed by atoms with E-state index in [4.69, 9.17) is 19.8 Å². The lowest BCUT2D eigenvalue weighted by atomic mass is 10.1. The van der Waals surface area contributed by atoms with E-state index in [0.717, 1.165) is 43.8 Å². The zero-order valence-corrected chi connectivity index (χ0v) is 20.4. The molecule has 194 valence electrons. The lowest BCUT2D eigenvalue weighted by Crippen LogP contribution is -2.35. The summed E-state index contributed by atoms with van der Waals surface area (Å²) in [4.78, 5) is 26.5. The molecule has 0 saturated carbocycles. The Hall–Kier alpha value is -4.09. The van der Waals surface area contributed by atoms with Crippen molar-refractivity contribution in [3.05, 3.63) is 78.3 Å². The Morgan fingerprint density at radius 3 is 2.49 bits per heavy atom. The van der Waals surface area contributed by atoms with Gasteiger partial charge in [0.25, 0.3) is 0 Å². The molecule has 1 aliphatic heterocycles. The molecule has 0 spiro atoms. The molecule has 1 atom stereocenters. The van der Waals surface area contributed by atoms with Gasteiger partial charge >= 0.3 is 11.9 Å². The van der Waals surface area contributed by atoms with Gasteiger partial charge in [-0.1, -0.05) is 12.1 Å². The molecule has 3 heterocycles. The normalized spacial score (nSPS) is 15.6. The fourth-order valence-electron chi connectivity index (χ4n) is 4.51. The Labute approximate surface area is 213 Å². The Kier molecular flexibility index (Phi) is 8.26. The molecule has 5 rings (SSSR count). The Bertz CT molecular complexity index is 1330. The SMILES string of the molecule is CN(CCc1c[nH]c2ccc(-n3cnnc3)cc12)[C@@H]1CCN(Cc2ccc(F)cc2)C1.O=C(O)C(=O)O. The summed E-state index contributed by atoms with van der Waals surface area (Å²) in [6, 6.07) is 13.8. The van der Waals surface area contributed by atoms with E-state index in [1.807, 2.05) is 16.7 Å². The van der Waals surface area contributed by atoms with Crippen LogP contribution in [0.4, 0.5) is 4.39 Å². The van der Waals surface area contributed by atoms with Crippen molar-refractivity contribution in [1.82, 2.24) is 29.5 Å². The molecule has 37 heavy (non-hydrogen) atoms. The number of rotatable bonds is 7. The maximum absolute atomic E-state index is 13.1. The van der Waals surface area contributed by atoms with E-state index in [2.05, 4.69) is 56.4 Å². The summed E-state index contributed by atoms with van der Waals surface area (Å²) in [6.07, 6.45) is 7.74. The second kappa shape index (κ2) is 11.8. The topological polar surface area (TPSA) is 128 Å². The highest BCUT2D eigenvalue weighted by Gasteiger charge is 2.25. The van der Waals surface area contributed by atoms with Crippen LogP contribution in [0.15, 0.2) is 61.3 Å². The predicted molar refractivity (Wildman–Crippen MR) is 135 cm³/mol. The molecule has 3 N–H and O–H groups in total. The van der Waals surface area contributed by atoms with Gasteiger partial charge in [-0.2, -0.15) is 0 Å². The van der Waals surface area contributed by atoms with Crippen molar-refractivity contribution in [2.75, 3.05) is 26.7 Å². The van der Waals surface area contributed by atoms with Crippen molar-refractivity contribution >= 4 is 22.8 Å². The number of aliphatic carboxylic acids is 2. The van der Waals surface area contributed by atoms with Gasteiger partial charge in [0.1, 0.15) is 18.5 Å². The maximum Gasteiger partial charge on any atom is 0.414 e. The second-order valence-corrected chi connectivity index (χ2v) is 9.06. The summed E-state index contributed by atoms with van der Waals surface area (Å²) in [5, 5.41) is 23.8. The number of fused-ring (bicyclic) bond motifs is 1. The summed E-state index contributed by atoms with van der Waals surface area (Å²) < 4.78 is 15.1. The van der Waals surface area contributed by atoms with Crippen LogP contribution in [0.3, 0.4) is 0 Å². The molecule has 2 aromatic heterocycles. The Balaban J connectivity index is 0.000000480. The fraction of sp³-hybridized carbons (Fsp3) is 0.308. The van der Waals surface area contributed by atoms with Crippen LogP contribution >= 0.6 is 0 Å². The molecule has 0 amide bonds. The maximum atomic E-state index is 13.1. The average Bonchev–Trinajstić information content (AvgIpc) is 3.65. The average molecular weight is 509 g/mol. The van der Waals surface area contributed by atoms with Crippen LogP contribution < -0.4 is 0 Å². The van der Waals surface area contributed by atoms with Crippen LogP contribution in [0.2, 0.25) is 0 Å². The minimum atomic E-state index is -1.82. The first-order chi connectivity index (χ1) is 17.8. The lowest BCUT2D eigenvalue weighted by molar-refractivity contribution is -0.159. The first kappa shape index (κ1) is 26.0. The van der Waals surface area contributed by atoms with Crippen LogP contribution in [0.25, 0.3) is 16.6 Å². The van der Waals surface area contributed by atoms with E-state index in [1.54, 1.807) is 24.8 Å². The molecule has 1 saturated heterocycles. The molecular weight excluding hydrogens is 479 g/mol. The molecule has 10 nitrogen and oxygen atoms in total. The monoisotopic (exact) mass is 508 g/mol. The number of aromatic nitrogens is 4. The number of carboxylic acids is 2. The minimum Gasteiger partial charge on any atom is -0.473 e. The number of hydrogen-bond donors (Lipinski definition) is 3. The fourth-order valence-corrected chi connectivity index (χ4v) is 4.51. The summed E-state index contributed by atoms with van der Waals surface area (Å²) in [5.74, 6) is -3.82. The predicted octanol–water partition coefficient (Wildman–Crippen LogP) is 2.79. The van der Waals surface area contributed by atoms with E-state index >= 15 is 0 Å². The van der Waals surface area contributed by atoms with Crippen molar-refractivity contribution in [3.8, 4) is 5.69 Å². The van der Waals surface area contributed by atoms with Crippen LogP contribution in [-0.2, 0) is 22.6 Å². The number of aromatic amines is 1.